The molecular weight excluding hydrogens is 419 g/mol. The highest BCUT2D eigenvalue weighted by molar-refractivity contribution is 9.10. The van der Waals surface area contributed by atoms with Crippen LogP contribution in [0.15, 0.2) is 46.9 Å². The average molecular weight is 445 g/mol. The van der Waals surface area contributed by atoms with Crippen LogP contribution >= 0.6 is 15.9 Å². The number of fused-ring (bicyclic) bond motifs is 1. The summed E-state index contributed by atoms with van der Waals surface area (Å²) in [5, 5.41) is 11.9. The normalized spacial score (nSPS) is 18.7. The van der Waals surface area contributed by atoms with Gasteiger partial charge in [0.2, 0.25) is 0 Å². The summed E-state index contributed by atoms with van der Waals surface area (Å²) in [7, 11) is 0. The number of likely N-dealkylation sites (tertiary alicyclic amines) is 1. The van der Waals surface area contributed by atoms with Crippen LogP contribution in [-0.2, 0) is 12.1 Å². The van der Waals surface area contributed by atoms with Crippen LogP contribution in [0.2, 0.25) is 0 Å². The predicted molar refractivity (Wildman–Crippen MR) is 115 cm³/mol. The first-order valence-corrected chi connectivity index (χ1v) is 10.6. The summed E-state index contributed by atoms with van der Waals surface area (Å²) >= 11 is 3.33. The van der Waals surface area contributed by atoms with E-state index in [1.807, 2.05) is 38.1 Å². The van der Waals surface area contributed by atoms with Crippen molar-refractivity contribution in [1.29, 1.82) is 0 Å². The molecule has 148 valence electrons. The molecule has 0 spiro atoms. The van der Waals surface area contributed by atoms with E-state index in [0.717, 1.165) is 47.2 Å². The Kier molecular flexibility index (Phi) is 5.34. The topological polar surface area (TPSA) is 39.3 Å². The molecule has 0 bridgehead atoms. The van der Waals surface area contributed by atoms with Crippen molar-refractivity contribution < 1.29 is 9.50 Å². The highest BCUT2D eigenvalue weighted by Gasteiger charge is 2.31. The van der Waals surface area contributed by atoms with Crippen LogP contribution < -0.4 is 0 Å². The maximum atomic E-state index is 14.3. The molecule has 5 heteroatoms. The van der Waals surface area contributed by atoms with Gasteiger partial charge in [-0.05, 0) is 62.9 Å². The molecule has 1 aromatic heterocycles. The minimum Gasteiger partial charge on any atom is -0.384 e. The Morgan fingerprint density at radius 2 is 2.04 bits per heavy atom. The maximum absolute atomic E-state index is 14.3. The van der Waals surface area contributed by atoms with E-state index in [9.17, 15) is 9.50 Å². The molecule has 1 unspecified atom stereocenters. The van der Waals surface area contributed by atoms with Crippen molar-refractivity contribution in [3.8, 4) is 0 Å². The van der Waals surface area contributed by atoms with E-state index < -0.39 is 5.60 Å². The first kappa shape index (κ1) is 19.6. The molecule has 28 heavy (non-hydrogen) atoms. The second-order valence-corrected chi connectivity index (χ2v) is 9.24. The monoisotopic (exact) mass is 444 g/mol. The van der Waals surface area contributed by atoms with Gasteiger partial charge >= 0.3 is 0 Å². The van der Waals surface area contributed by atoms with E-state index in [1.54, 1.807) is 0 Å². The number of halogens is 2. The summed E-state index contributed by atoms with van der Waals surface area (Å²) in [6.07, 6.45) is 2.14. The van der Waals surface area contributed by atoms with E-state index in [2.05, 4.69) is 37.9 Å². The number of aromatic amines is 1. The van der Waals surface area contributed by atoms with Gasteiger partial charge in [-0.25, -0.2) is 4.39 Å². The van der Waals surface area contributed by atoms with Gasteiger partial charge in [-0.1, -0.05) is 40.2 Å². The molecule has 1 saturated heterocycles. The fraction of sp³-hybridized carbons (Fsp3) is 0.391. The number of rotatable bonds is 4. The molecule has 4 rings (SSSR count). The minimum absolute atomic E-state index is 0.166. The van der Waals surface area contributed by atoms with Gasteiger partial charge in [0.05, 0.1) is 11.3 Å². The van der Waals surface area contributed by atoms with Crippen molar-refractivity contribution in [2.45, 2.75) is 44.8 Å². The van der Waals surface area contributed by atoms with Crippen molar-refractivity contribution >= 4 is 26.8 Å². The third-order valence-corrected chi connectivity index (χ3v) is 6.17. The zero-order chi connectivity index (χ0) is 19.9. The molecule has 0 radical (unpaired) electrons. The van der Waals surface area contributed by atoms with Gasteiger partial charge in [-0.3, -0.25) is 4.90 Å². The van der Waals surface area contributed by atoms with Crippen LogP contribution in [0.1, 0.15) is 49.4 Å². The number of hydrogen-bond donors (Lipinski definition) is 2. The van der Waals surface area contributed by atoms with Gasteiger partial charge in [0, 0.05) is 34.0 Å². The smallest absolute Gasteiger partial charge is 0.128 e. The Bertz CT molecular complexity index is 992. The number of nitrogens with one attached hydrogen (secondary N) is 1. The lowest BCUT2D eigenvalue weighted by molar-refractivity contribution is 0.0724. The van der Waals surface area contributed by atoms with Gasteiger partial charge in [0.1, 0.15) is 5.82 Å². The largest absolute Gasteiger partial charge is 0.384 e. The van der Waals surface area contributed by atoms with E-state index in [0.29, 0.717) is 12.5 Å². The fourth-order valence-corrected chi connectivity index (χ4v) is 4.73. The zero-order valence-corrected chi connectivity index (χ0v) is 17.9. The predicted octanol–water partition coefficient (Wildman–Crippen LogP) is 5.68. The number of aliphatic hydroxyl groups is 1. The highest BCUT2D eigenvalue weighted by atomic mass is 79.9. The lowest BCUT2D eigenvalue weighted by Gasteiger charge is -2.34. The molecule has 3 nitrogen and oxygen atoms in total. The van der Waals surface area contributed by atoms with Gasteiger partial charge in [-0.2, -0.15) is 0 Å². The third kappa shape index (κ3) is 3.88. The fourth-order valence-electron chi connectivity index (χ4n) is 4.40. The quantitative estimate of drug-likeness (QED) is 0.543. The SMILES string of the molecule is CC(C)(O)c1[nH]c2ccccc2c1C1CCCN(Cc2ccc(Br)cc2F)C1. The third-order valence-electron chi connectivity index (χ3n) is 5.68. The molecule has 2 heterocycles. The van der Waals surface area contributed by atoms with Gasteiger partial charge < -0.3 is 10.1 Å². The van der Waals surface area contributed by atoms with Crippen molar-refractivity contribution in [3.63, 3.8) is 0 Å². The molecule has 2 aromatic carbocycles. The summed E-state index contributed by atoms with van der Waals surface area (Å²) < 4.78 is 15.1. The van der Waals surface area contributed by atoms with Crippen molar-refractivity contribution in [3.05, 3.63) is 69.6 Å². The molecule has 1 atom stereocenters. The van der Waals surface area contributed by atoms with Gasteiger partial charge in [0.25, 0.3) is 0 Å². The summed E-state index contributed by atoms with van der Waals surface area (Å²) in [4.78, 5) is 5.78. The number of hydrogen-bond acceptors (Lipinski definition) is 2. The van der Waals surface area contributed by atoms with E-state index in [1.165, 1.54) is 17.0 Å². The van der Waals surface area contributed by atoms with E-state index in [4.69, 9.17) is 0 Å². The van der Waals surface area contributed by atoms with Crippen LogP contribution in [-0.4, -0.2) is 28.1 Å². The molecule has 1 fully saturated rings. The van der Waals surface area contributed by atoms with Crippen LogP contribution in [0, 0.1) is 5.82 Å². The first-order valence-electron chi connectivity index (χ1n) is 9.82. The molecule has 2 N–H and O–H groups in total. The second-order valence-electron chi connectivity index (χ2n) is 8.33. The Hall–Kier alpha value is -1.69. The number of para-hydroxylation sites is 1. The lowest BCUT2D eigenvalue weighted by Crippen LogP contribution is -2.35. The summed E-state index contributed by atoms with van der Waals surface area (Å²) in [5.74, 6) is 0.144. The first-order chi connectivity index (χ1) is 13.3. The molecule has 0 amide bonds. The van der Waals surface area contributed by atoms with Crippen molar-refractivity contribution in [2.24, 2.45) is 0 Å². The average Bonchev–Trinajstić information content (AvgIpc) is 3.04. The number of benzene rings is 2. The maximum Gasteiger partial charge on any atom is 0.128 e. The highest BCUT2D eigenvalue weighted by Crippen LogP contribution is 2.39. The Labute approximate surface area is 173 Å². The molecule has 3 aromatic rings. The minimum atomic E-state index is -0.936. The van der Waals surface area contributed by atoms with Crippen LogP contribution in [0.3, 0.4) is 0 Å². The van der Waals surface area contributed by atoms with Crippen LogP contribution in [0.5, 0.6) is 0 Å². The van der Waals surface area contributed by atoms with Gasteiger partial charge in [0.15, 0.2) is 0 Å². The molecule has 0 saturated carbocycles. The second kappa shape index (κ2) is 7.62. The summed E-state index contributed by atoms with van der Waals surface area (Å²) in [5.41, 5.74) is 2.96. The summed E-state index contributed by atoms with van der Waals surface area (Å²) in [6, 6.07) is 13.5. The number of aromatic nitrogens is 1. The van der Waals surface area contributed by atoms with E-state index >= 15 is 0 Å². The Balaban J connectivity index is 1.65. The van der Waals surface area contributed by atoms with Crippen molar-refractivity contribution in [1.82, 2.24) is 9.88 Å². The van der Waals surface area contributed by atoms with E-state index in [-0.39, 0.29) is 5.82 Å². The van der Waals surface area contributed by atoms with Crippen LogP contribution in [0.4, 0.5) is 4.39 Å². The van der Waals surface area contributed by atoms with Gasteiger partial charge in [-0.15, -0.1) is 0 Å². The number of nitrogens with zero attached hydrogens (tertiary/aromatic N) is 1. The lowest BCUT2D eigenvalue weighted by atomic mass is 9.85. The summed E-state index contributed by atoms with van der Waals surface area (Å²) in [6.45, 7) is 6.10. The molecular formula is C23H26BrFN2O. The Morgan fingerprint density at radius 1 is 1.25 bits per heavy atom. The molecule has 1 aliphatic heterocycles. The zero-order valence-electron chi connectivity index (χ0n) is 16.3. The Morgan fingerprint density at radius 3 is 2.79 bits per heavy atom. The molecule has 1 aliphatic rings. The van der Waals surface area contributed by atoms with Crippen molar-refractivity contribution in [2.75, 3.05) is 13.1 Å². The number of piperidine rings is 1. The number of H-pyrrole nitrogens is 1. The standard InChI is InChI=1S/C23H26BrFN2O/c1-23(2,28)22-21(18-7-3-4-8-20(18)26-22)16-6-5-11-27(14-16)13-15-9-10-17(24)12-19(15)25/h3-4,7-10,12,16,26,28H,5-6,11,13-14H2,1-2H3. The molecule has 0 aliphatic carbocycles. The van der Waals surface area contributed by atoms with Crippen LogP contribution in [0.25, 0.3) is 10.9 Å².